The molecule has 5 rings (SSSR count). The molecule has 0 aliphatic heterocycles. The van der Waals surface area contributed by atoms with E-state index in [4.69, 9.17) is 0 Å². The van der Waals surface area contributed by atoms with Gasteiger partial charge in [-0.05, 0) is 110 Å². The normalized spacial score (nSPS) is 22.7. The summed E-state index contributed by atoms with van der Waals surface area (Å²) in [4.78, 5) is 0. The zero-order valence-electron chi connectivity index (χ0n) is 26.2. The molecule has 2 aliphatic rings. The first kappa shape index (κ1) is 31.6. The lowest BCUT2D eigenvalue weighted by atomic mass is 9.68. The van der Waals surface area contributed by atoms with Crippen LogP contribution in [0.4, 0.5) is 13.2 Å². The van der Waals surface area contributed by atoms with Gasteiger partial charge in [0.25, 0.3) is 0 Å². The highest BCUT2D eigenvalue weighted by Crippen LogP contribution is 2.45. The largest absolute Gasteiger partial charge is 0.206 e. The van der Waals surface area contributed by atoms with Crippen LogP contribution in [-0.2, 0) is 6.42 Å². The van der Waals surface area contributed by atoms with Crippen LogP contribution in [0.2, 0.25) is 0 Å². The number of hydrogen-bond donors (Lipinski definition) is 0. The Balaban J connectivity index is 1.17. The summed E-state index contributed by atoms with van der Waals surface area (Å²) in [6.07, 6.45) is 21.1. The molecule has 3 aromatic carbocycles. The van der Waals surface area contributed by atoms with Crippen LogP contribution in [0.5, 0.6) is 0 Å². The van der Waals surface area contributed by atoms with Gasteiger partial charge in [0, 0.05) is 11.1 Å². The quantitative estimate of drug-likeness (QED) is 0.155. The predicted octanol–water partition coefficient (Wildman–Crippen LogP) is 12.6. The van der Waals surface area contributed by atoms with Crippen molar-refractivity contribution in [2.75, 3.05) is 0 Å². The van der Waals surface area contributed by atoms with E-state index in [2.05, 4.69) is 13.0 Å². The Morgan fingerprint density at radius 2 is 1.33 bits per heavy atom. The van der Waals surface area contributed by atoms with Crippen molar-refractivity contribution >= 4 is 0 Å². The first-order valence-corrected chi connectivity index (χ1v) is 17.0. The highest BCUT2D eigenvalue weighted by Gasteiger charge is 2.31. The Kier molecular flexibility index (Phi) is 11.2. The van der Waals surface area contributed by atoms with E-state index < -0.39 is 11.6 Å². The minimum atomic E-state index is -0.828. The standard InChI is InChI=1S/C40H49F3/c1-3-5-7-9-28-11-13-29(14-12-28)30-15-17-31(18-16-30)35-24-25-36(38(41)27-35)32-19-21-33(22-20-32)37-26-23-34(10-8-6-4-2)39(42)40(37)43/h4,6,19-31H,3,5,7-18H2,1-2H3/b6-4+. The number of hydrogen-bond acceptors (Lipinski definition) is 0. The highest BCUT2D eigenvalue weighted by molar-refractivity contribution is 5.71. The maximum Gasteiger partial charge on any atom is 0.166 e. The van der Waals surface area contributed by atoms with Gasteiger partial charge < -0.3 is 0 Å². The molecule has 3 heteroatoms. The molecule has 0 bridgehead atoms. The van der Waals surface area contributed by atoms with Crippen LogP contribution in [-0.4, -0.2) is 0 Å². The topological polar surface area (TPSA) is 0 Å². The van der Waals surface area contributed by atoms with Gasteiger partial charge in [-0.25, -0.2) is 13.2 Å². The third-order valence-corrected chi connectivity index (χ3v) is 10.5. The molecule has 0 saturated heterocycles. The van der Waals surface area contributed by atoms with Crippen molar-refractivity contribution in [2.24, 2.45) is 17.8 Å². The van der Waals surface area contributed by atoms with Crippen molar-refractivity contribution in [3.05, 3.63) is 95.3 Å². The van der Waals surface area contributed by atoms with Crippen LogP contribution in [0.1, 0.15) is 114 Å². The van der Waals surface area contributed by atoms with Gasteiger partial charge >= 0.3 is 0 Å². The average molecular weight is 587 g/mol. The molecular weight excluding hydrogens is 537 g/mol. The minimum absolute atomic E-state index is 0.212. The van der Waals surface area contributed by atoms with Crippen LogP contribution in [0.3, 0.4) is 0 Å². The summed E-state index contributed by atoms with van der Waals surface area (Å²) in [7, 11) is 0. The van der Waals surface area contributed by atoms with Gasteiger partial charge in [0.1, 0.15) is 5.82 Å². The van der Waals surface area contributed by atoms with E-state index in [9.17, 15) is 8.78 Å². The molecule has 0 heterocycles. The molecule has 2 fully saturated rings. The van der Waals surface area contributed by atoms with Crippen molar-refractivity contribution in [2.45, 2.75) is 110 Å². The van der Waals surface area contributed by atoms with E-state index in [1.807, 2.05) is 25.1 Å². The lowest BCUT2D eigenvalue weighted by Gasteiger charge is -2.38. The lowest BCUT2D eigenvalue weighted by molar-refractivity contribution is 0.155. The molecule has 0 unspecified atom stereocenters. The second kappa shape index (κ2) is 15.3. The maximum atomic E-state index is 15.4. The highest BCUT2D eigenvalue weighted by atomic mass is 19.2. The van der Waals surface area contributed by atoms with Crippen LogP contribution in [0, 0.1) is 35.2 Å². The molecule has 0 N–H and O–H groups in total. The third kappa shape index (κ3) is 7.83. The number of unbranched alkanes of at least 4 members (excludes halogenated alkanes) is 2. The first-order valence-electron chi connectivity index (χ1n) is 17.0. The summed E-state index contributed by atoms with van der Waals surface area (Å²) in [5, 5.41) is 0. The number of allylic oxidation sites excluding steroid dienone is 2. The van der Waals surface area contributed by atoms with E-state index in [-0.39, 0.29) is 11.4 Å². The zero-order chi connectivity index (χ0) is 30.2. The Morgan fingerprint density at radius 3 is 1.95 bits per heavy atom. The monoisotopic (exact) mass is 586 g/mol. The van der Waals surface area contributed by atoms with Crippen LogP contribution in [0.15, 0.2) is 66.7 Å². The fourth-order valence-electron chi connectivity index (χ4n) is 7.81. The van der Waals surface area contributed by atoms with Gasteiger partial charge in [0.15, 0.2) is 11.6 Å². The summed E-state index contributed by atoms with van der Waals surface area (Å²) in [5.41, 5.74) is 3.59. The van der Waals surface area contributed by atoms with E-state index in [0.29, 0.717) is 35.4 Å². The first-order chi connectivity index (χ1) is 21.0. The fraction of sp³-hybridized carbons (Fsp3) is 0.500. The number of halogens is 3. The average Bonchev–Trinajstić information content (AvgIpc) is 3.04. The molecule has 43 heavy (non-hydrogen) atoms. The molecule has 0 nitrogen and oxygen atoms in total. The summed E-state index contributed by atoms with van der Waals surface area (Å²) < 4.78 is 45.0. The Labute approximate surface area is 257 Å². The number of benzene rings is 3. The molecular formula is C40H49F3. The van der Waals surface area contributed by atoms with Gasteiger partial charge in [-0.1, -0.05) is 106 Å². The molecule has 230 valence electrons. The third-order valence-electron chi connectivity index (χ3n) is 10.5. The molecule has 3 aromatic rings. The summed E-state index contributed by atoms with van der Waals surface area (Å²) in [6, 6.07) is 16.1. The lowest BCUT2D eigenvalue weighted by Crippen LogP contribution is -2.25. The zero-order valence-corrected chi connectivity index (χ0v) is 26.2. The Bertz CT molecular complexity index is 1340. The van der Waals surface area contributed by atoms with Crippen LogP contribution < -0.4 is 0 Å². The van der Waals surface area contributed by atoms with E-state index >= 15 is 4.39 Å². The summed E-state index contributed by atoms with van der Waals surface area (Å²) in [5.74, 6) is 1.33. The molecule has 0 spiro atoms. The van der Waals surface area contributed by atoms with Crippen molar-refractivity contribution in [1.82, 2.24) is 0 Å². The number of rotatable bonds is 11. The van der Waals surface area contributed by atoms with Gasteiger partial charge in [-0.2, -0.15) is 0 Å². The smallest absolute Gasteiger partial charge is 0.166 e. The Morgan fingerprint density at radius 1 is 0.698 bits per heavy atom. The fourth-order valence-corrected chi connectivity index (χ4v) is 7.81. The van der Waals surface area contributed by atoms with E-state index in [1.165, 1.54) is 64.2 Å². The van der Waals surface area contributed by atoms with Gasteiger partial charge in [0.05, 0.1) is 0 Å². The molecule has 2 aliphatic carbocycles. The summed E-state index contributed by atoms with van der Waals surface area (Å²) >= 11 is 0. The Hall–Kier alpha value is -2.81. The van der Waals surface area contributed by atoms with Crippen molar-refractivity contribution in [3.63, 3.8) is 0 Å². The molecule has 2 saturated carbocycles. The molecule has 0 radical (unpaired) electrons. The SMILES string of the molecule is C/C=C/CCc1ccc(-c2ccc(-c3ccc(C4CCC(C5CCC(CCCCC)CC5)CC4)cc3F)cc2)c(F)c1F. The predicted molar refractivity (Wildman–Crippen MR) is 175 cm³/mol. The van der Waals surface area contributed by atoms with Crippen molar-refractivity contribution < 1.29 is 13.2 Å². The second-order valence-corrected chi connectivity index (χ2v) is 13.2. The minimum Gasteiger partial charge on any atom is -0.206 e. The van der Waals surface area contributed by atoms with Crippen molar-refractivity contribution in [3.8, 4) is 22.3 Å². The number of aryl methyl sites for hydroxylation is 1. The van der Waals surface area contributed by atoms with Crippen LogP contribution >= 0.6 is 0 Å². The molecule has 0 amide bonds. The van der Waals surface area contributed by atoms with Gasteiger partial charge in [0.2, 0.25) is 0 Å². The van der Waals surface area contributed by atoms with Gasteiger partial charge in [-0.15, -0.1) is 0 Å². The summed E-state index contributed by atoms with van der Waals surface area (Å²) in [6.45, 7) is 4.20. The molecule has 0 atom stereocenters. The maximum absolute atomic E-state index is 15.4. The van der Waals surface area contributed by atoms with Gasteiger partial charge in [-0.3, -0.25) is 0 Å². The second-order valence-electron chi connectivity index (χ2n) is 13.2. The van der Waals surface area contributed by atoms with Crippen molar-refractivity contribution in [1.29, 1.82) is 0 Å². The van der Waals surface area contributed by atoms with Crippen LogP contribution in [0.25, 0.3) is 22.3 Å². The van der Waals surface area contributed by atoms with E-state index in [0.717, 1.165) is 41.7 Å². The van der Waals surface area contributed by atoms with E-state index in [1.54, 1.807) is 42.5 Å². The molecule has 0 aromatic heterocycles.